The summed E-state index contributed by atoms with van der Waals surface area (Å²) in [6.07, 6.45) is 11.5. The number of carbonyl (C=O) groups is 2. The highest BCUT2D eigenvalue weighted by atomic mass is 16.6. The van der Waals surface area contributed by atoms with Gasteiger partial charge < -0.3 is 14.8 Å². The number of rotatable bonds is 10. The zero-order chi connectivity index (χ0) is 32.6. The average Bonchev–Trinajstić information content (AvgIpc) is 3.59. The van der Waals surface area contributed by atoms with Gasteiger partial charge in [0.25, 0.3) is 0 Å². The molecule has 2 aliphatic rings. The van der Waals surface area contributed by atoms with Crippen LogP contribution in [0.15, 0.2) is 42.9 Å². The molecule has 0 atom stereocenters. The summed E-state index contributed by atoms with van der Waals surface area (Å²) < 4.78 is 12.8. The van der Waals surface area contributed by atoms with E-state index in [0.717, 1.165) is 42.5 Å². The lowest BCUT2D eigenvalue weighted by Crippen LogP contribution is -2.42. The Kier molecular flexibility index (Phi) is 10.9. The predicted molar refractivity (Wildman–Crippen MR) is 174 cm³/mol. The minimum atomic E-state index is -0.398. The van der Waals surface area contributed by atoms with E-state index in [1.807, 2.05) is 53.2 Å². The van der Waals surface area contributed by atoms with E-state index in [-0.39, 0.29) is 29.9 Å². The molecule has 46 heavy (non-hydrogen) atoms. The molecule has 11 heteroatoms. The standard InChI is InChI=1S/C35H45N7O4/c1-5-37-35(44)46-29-12-10-26(11-13-29)34(43)41(33-18-27(16-17-38-33)28-20-39-42(22-28)23(2)3)21-24-6-8-25(9-7-24)30-14-15-32(45-4)31(19-36)40-30/h14-18,20,22-26,29H,5-13,21H2,1-4H3,(H,37,44). The van der Waals surface area contributed by atoms with Gasteiger partial charge in [0.1, 0.15) is 18.0 Å². The molecule has 0 aliphatic heterocycles. The molecule has 0 radical (unpaired) electrons. The maximum absolute atomic E-state index is 14.3. The smallest absolute Gasteiger partial charge is 0.407 e. The van der Waals surface area contributed by atoms with Crippen LogP contribution in [0.2, 0.25) is 0 Å². The van der Waals surface area contributed by atoms with Crippen LogP contribution >= 0.6 is 0 Å². The maximum atomic E-state index is 14.3. The molecule has 0 aromatic carbocycles. The Balaban J connectivity index is 1.32. The van der Waals surface area contributed by atoms with Gasteiger partial charge in [-0.05, 0) is 108 Å². The molecular formula is C35H45N7O4. The molecule has 0 saturated heterocycles. The molecule has 1 N–H and O–H groups in total. The number of ether oxygens (including phenoxy) is 2. The number of anilines is 1. The monoisotopic (exact) mass is 627 g/mol. The summed E-state index contributed by atoms with van der Waals surface area (Å²) in [5.41, 5.74) is 3.19. The summed E-state index contributed by atoms with van der Waals surface area (Å²) >= 11 is 0. The van der Waals surface area contributed by atoms with E-state index in [4.69, 9.17) is 14.5 Å². The second-order valence-electron chi connectivity index (χ2n) is 12.7. The summed E-state index contributed by atoms with van der Waals surface area (Å²) in [5.74, 6) is 1.63. The highest BCUT2D eigenvalue weighted by Gasteiger charge is 2.34. The fraction of sp³-hybridized carbons (Fsp3) is 0.543. The van der Waals surface area contributed by atoms with E-state index in [0.29, 0.717) is 62.0 Å². The molecule has 11 nitrogen and oxygen atoms in total. The van der Waals surface area contributed by atoms with E-state index in [1.165, 1.54) is 0 Å². The Morgan fingerprint density at radius 3 is 2.50 bits per heavy atom. The van der Waals surface area contributed by atoms with Gasteiger partial charge in [-0.3, -0.25) is 14.4 Å². The molecule has 2 fully saturated rings. The lowest BCUT2D eigenvalue weighted by Gasteiger charge is -2.35. The number of aromatic nitrogens is 4. The number of nitriles is 1. The van der Waals surface area contributed by atoms with E-state index < -0.39 is 6.09 Å². The fourth-order valence-corrected chi connectivity index (χ4v) is 6.63. The van der Waals surface area contributed by atoms with Crippen LogP contribution in [0.3, 0.4) is 0 Å². The lowest BCUT2D eigenvalue weighted by atomic mass is 9.79. The number of carbonyl (C=O) groups excluding carboxylic acids is 2. The van der Waals surface area contributed by atoms with Gasteiger partial charge in [-0.2, -0.15) is 10.4 Å². The van der Waals surface area contributed by atoms with Crippen molar-refractivity contribution >= 4 is 17.8 Å². The SMILES string of the molecule is CCNC(=O)OC1CCC(C(=O)N(CC2CCC(c3ccc(OC)c(C#N)n3)CC2)c2cc(-c3cnn(C(C)C)c3)ccn2)CC1. The first kappa shape index (κ1) is 32.9. The van der Waals surface area contributed by atoms with Gasteiger partial charge in [-0.1, -0.05) is 0 Å². The molecule has 3 heterocycles. The van der Waals surface area contributed by atoms with Crippen LogP contribution in [0.1, 0.15) is 95.5 Å². The highest BCUT2D eigenvalue weighted by molar-refractivity contribution is 5.94. The second kappa shape index (κ2) is 15.2. The molecule has 2 aliphatic carbocycles. The lowest BCUT2D eigenvalue weighted by molar-refractivity contribution is -0.124. The first-order valence-electron chi connectivity index (χ1n) is 16.5. The number of hydrogen-bond donors (Lipinski definition) is 1. The Labute approximate surface area is 271 Å². The molecule has 5 rings (SSSR count). The van der Waals surface area contributed by atoms with Gasteiger partial charge in [-0.15, -0.1) is 0 Å². The second-order valence-corrected chi connectivity index (χ2v) is 12.7. The number of pyridine rings is 2. The summed E-state index contributed by atoms with van der Waals surface area (Å²) in [4.78, 5) is 37.4. The molecule has 0 unspecified atom stereocenters. The number of hydrogen-bond acceptors (Lipinski definition) is 8. The first-order chi connectivity index (χ1) is 22.3. The minimum absolute atomic E-state index is 0.0802. The minimum Gasteiger partial charge on any atom is -0.494 e. The van der Waals surface area contributed by atoms with Crippen LogP contribution in [0.5, 0.6) is 5.75 Å². The molecule has 2 saturated carbocycles. The highest BCUT2D eigenvalue weighted by Crippen LogP contribution is 2.38. The molecule has 0 bridgehead atoms. The largest absolute Gasteiger partial charge is 0.494 e. The van der Waals surface area contributed by atoms with Gasteiger partial charge in [-0.25, -0.2) is 14.8 Å². The molecule has 3 aromatic rings. The molecular weight excluding hydrogens is 582 g/mol. The zero-order valence-corrected chi connectivity index (χ0v) is 27.3. The van der Waals surface area contributed by atoms with Crippen molar-refractivity contribution in [2.75, 3.05) is 25.1 Å². The topological polar surface area (TPSA) is 135 Å². The first-order valence-corrected chi connectivity index (χ1v) is 16.5. The maximum Gasteiger partial charge on any atom is 0.407 e. The van der Waals surface area contributed by atoms with Crippen LogP contribution in [-0.4, -0.2) is 58.1 Å². The van der Waals surface area contributed by atoms with Gasteiger partial charge in [0.2, 0.25) is 5.91 Å². The van der Waals surface area contributed by atoms with Crippen LogP contribution in [0, 0.1) is 23.2 Å². The normalized spacial score (nSPS) is 21.3. The van der Waals surface area contributed by atoms with Crippen LogP contribution in [0.25, 0.3) is 11.1 Å². The number of nitrogens with zero attached hydrogens (tertiary/aromatic N) is 6. The molecule has 3 aromatic heterocycles. The summed E-state index contributed by atoms with van der Waals surface area (Å²) in [7, 11) is 1.55. The van der Waals surface area contributed by atoms with Crippen molar-refractivity contribution in [3.8, 4) is 22.9 Å². The zero-order valence-electron chi connectivity index (χ0n) is 27.3. The van der Waals surface area contributed by atoms with Crippen LogP contribution < -0.4 is 15.0 Å². The Bertz CT molecular complexity index is 1530. The van der Waals surface area contributed by atoms with Crippen LogP contribution in [0.4, 0.5) is 10.6 Å². The van der Waals surface area contributed by atoms with Crippen molar-refractivity contribution in [1.29, 1.82) is 5.26 Å². The van der Waals surface area contributed by atoms with Crippen molar-refractivity contribution in [2.45, 2.75) is 90.2 Å². The molecule has 244 valence electrons. The van der Waals surface area contributed by atoms with Crippen molar-refractivity contribution in [1.82, 2.24) is 25.1 Å². The third kappa shape index (κ3) is 7.84. The third-order valence-electron chi connectivity index (χ3n) is 9.28. The number of alkyl carbamates (subject to hydrolysis) is 1. The van der Waals surface area contributed by atoms with E-state index in [2.05, 4.69) is 35.3 Å². The molecule has 0 spiro atoms. The summed E-state index contributed by atoms with van der Waals surface area (Å²) in [5, 5.41) is 16.7. The number of nitrogens with one attached hydrogen (secondary N) is 1. The number of methoxy groups -OCH3 is 1. The Hall–Kier alpha value is -4.46. The van der Waals surface area contributed by atoms with Crippen molar-refractivity contribution in [2.24, 2.45) is 11.8 Å². The van der Waals surface area contributed by atoms with E-state index in [1.54, 1.807) is 13.3 Å². The van der Waals surface area contributed by atoms with Gasteiger partial charge in [0.15, 0.2) is 11.4 Å². The van der Waals surface area contributed by atoms with Crippen molar-refractivity contribution in [3.05, 3.63) is 54.2 Å². The van der Waals surface area contributed by atoms with Crippen LogP contribution in [-0.2, 0) is 9.53 Å². The average molecular weight is 628 g/mol. The quantitative estimate of drug-likeness (QED) is 0.272. The van der Waals surface area contributed by atoms with E-state index >= 15 is 0 Å². The fourth-order valence-electron chi connectivity index (χ4n) is 6.63. The Morgan fingerprint density at radius 1 is 1.09 bits per heavy atom. The van der Waals surface area contributed by atoms with E-state index in [9.17, 15) is 14.9 Å². The van der Waals surface area contributed by atoms with Gasteiger partial charge in [0.05, 0.1) is 13.3 Å². The third-order valence-corrected chi connectivity index (χ3v) is 9.28. The summed E-state index contributed by atoms with van der Waals surface area (Å²) in [6.45, 7) is 7.14. The molecule has 2 amide bonds. The predicted octanol–water partition coefficient (Wildman–Crippen LogP) is 6.41. The summed E-state index contributed by atoms with van der Waals surface area (Å²) in [6, 6.07) is 10.1. The van der Waals surface area contributed by atoms with Crippen molar-refractivity contribution in [3.63, 3.8) is 0 Å². The Morgan fingerprint density at radius 2 is 1.85 bits per heavy atom. The van der Waals surface area contributed by atoms with Gasteiger partial charge in [0, 0.05) is 54.6 Å². The van der Waals surface area contributed by atoms with Gasteiger partial charge >= 0.3 is 6.09 Å². The van der Waals surface area contributed by atoms with Crippen molar-refractivity contribution < 1.29 is 19.1 Å². The number of amides is 2.